The van der Waals surface area contributed by atoms with E-state index in [1.807, 2.05) is 0 Å². The lowest BCUT2D eigenvalue weighted by Gasteiger charge is -2.43. The molecule has 3 nitrogen and oxygen atoms in total. The molecule has 0 aliphatic carbocycles. The first kappa shape index (κ1) is 12.9. The molecule has 0 aromatic heterocycles. The van der Waals surface area contributed by atoms with E-state index in [1.165, 1.54) is 17.7 Å². The third-order valence-electron chi connectivity index (χ3n) is 4.78. The van der Waals surface area contributed by atoms with Gasteiger partial charge in [0.1, 0.15) is 0 Å². The molecular weight excluding hydrogens is 236 g/mol. The number of fused-ring (bicyclic) bond motifs is 1. The van der Waals surface area contributed by atoms with Crippen molar-refractivity contribution in [3.8, 4) is 0 Å². The fraction of sp³-hybridized carbons (Fsp3) is 0.625. The number of nitrogens with zero attached hydrogens (tertiary/aromatic N) is 2. The lowest BCUT2D eigenvalue weighted by Crippen LogP contribution is -2.52. The summed E-state index contributed by atoms with van der Waals surface area (Å²) in [6.07, 6.45) is 2.33. The molecule has 2 aliphatic rings. The van der Waals surface area contributed by atoms with Crippen LogP contribution in [0.25, 0.3) is 0 Å². The number of hydrogen-bond donors (Lipinski definition) is 1. The maximum atomic E-state index is 9.73. The molecule has 1 N–H and O–H groups in total. The summed E-state index contributed by atoms with van der Waals surface area (Å²) in [6, 6.07) is 9.25. The number of hydrogen-bond acceptors (Lipinski definition) is 3. The molecule has 0 spiro atoms. The van der Waals surface area contributed by atoms with Crippen LogP contribution in [0, 0.1) is 5.92 Å². The molecule has 1 aromatic rings. The molecule has 0 radical (unpaired) electrons. The lowest BCUT2D eigenvalue weighted by molar-refractivity contribution is 0.104. The van der Waals surface area contributed by atoms with Crippen molar-refractivity contribution in [2.45, 2.75) is 25.8 Å². The monoisotopic (exact) mass is 260 g/mol. The molecule has 104 valence electrons. The molecule has 2 atom stereocenters. The van der Waals surface area contributed by atoms with Crippen LogP contribution in [0.5, 0.6) is 0 Å². The highest BCUT2D eigenvalue weighted by Gasteiger charge is 2.35. The van der Waals surface area contributed by atoms with Crippen molar-refractivity contribution in [3.63, 3.8) is 0 Å². The van der Waals surface area contributed by atoms with Gasteiger partial charge in [-0.3, -0.25) is 0 Å². The van der Waals surface area contributed by atoms with E-state index >= 15 is 0 Å². The van der Waals surface area contributed by atoms with Gasteiger partial charge in [-0.2, -0.15) is 0 Å². The molecule has 2 aliphatic heterocycles. The Morgan fingerprint density at radius 2 is 2.11 bits per heavy atom. The fourth-order valence-corrected chi connectivity index (χ4v) is 3.68. The molecule has 1 aromatic carbocycles. The van der Waals surface area contributed by atoms with Gasteiger partial charge in [0.2, 0.25) is 0 Å². The van der Waals surface area contributed by atoms with Crippen molar-refractivity contribution >= 4 is 5.69 Å². The molecule has 1 saturated heterocycles. The summed E-state index contributed by atoms with van der Waals surface area (Å²) in [4.78, 5) is 5.00. The van der Waals surface area contributed by atoms with E-state index in [0.717, 1.165) is 32.6 Å². The highest BCUT2D eigenvalue weighted by atomic mass is 16.3. The average Bonchev–Trinajstić information content (AvgIpc) is 2.90. The third-order valence-corrected chi connectivity index (χ3v) is 4.78. The Kier molecular flexibility index (Phi) is 3.76. The van der Waals surface area contributed by atoms with Crippen LogP contribution in [0.15, 0.2) is 24.3 Å². The Morgan fingerprint density at radius 3 is 2.89 bits per heavy atom. The number of anilines is 1. The predicted molar refractivity (Wildman–Crippen MR) is 78.6 cm³/mol. The van der Waals surface area contributed by atoms with Gasteiger partial charge in [0.05, 0.1) is 0 Å². The number of para-hydroxylation sites is 1. The SMILES string of the molecule is CCN1CCC(N2CCc3ccccc32)C(CO)C1. The van der Waals surface area contributed by atoms with Crippen LogP contribution in [0.2, 0.25) is 0 Å². The van der Waals surface area contributed by atoms with Crippen molar-refractivity contribution in [1.29, 1.82) is 0 Å². The molecule has 0 amide bonds. The van der Waals surface area contributed by atoms with Crippen LogP contribution < -0.4 is 4.90 Å². The zero-order valence-corrected chi connectivity index (χ0v) is 11.8. The number of aliphatic hydroxyl groups excluding tert-OH is 1. The molecule has 3 heteroatoms. The summed E-state index contributed by atoms with van der Waals surface area (Å²) >= 11 is 0. The Bertz CT molecular complexity index is 435. The summed E-state index contributed by atoms with van der Waals surface area (Å²) in [5, 5.41) is 9.73. The third kappa shape index (κ3) is 2.37. The maximum absolute atomic E-state index is 9.73. The summed E-state index contributed by atoms with van der Waals surface area (Å²) in [6.45, 7) is 6.93. The van der Waals surface area contributed by atoms with Gasteiger partial charge in [0.15, 0.2) is 0 Å². The largest absolute Gasteiger partial charge is 0.396 e. The minimum atomic E-state index is 0.305. The minimum absolute atomic E-state index is 0.305. The highest BCUT2D eigenvalue weighted by molar-refractivity contribution is 5.58. The van der Waals surface area contributed by atoms with Crippen LogP contribution in [-0.2, 0) is 6.42 Å². The topological polar surface area (TPSA) is 26.7 Å². The first-order chi connectivity index (χ1) is 9.33. The van der Waals surface area contributed by atoms with Gasteiger partial charge in [-0.15, -0.1) is 0 Å². The molecule has 2 heterocycles. The Hall–Kier alpha value is -1.06. The summed E-state index contributed by atoms with van der Waals surface area (Å²) < 4.78 is 0. The number of likely N-dealkylation sites (tertiary alicyclic amines) is 1. The van der Waals surface area contributed by atoms with Crippen LogP contribution in [0.3, 0.4) is 0 Å². The fourth-order valence-electron chi connectivity index (χ4n) is 3.68. The van der Waals surface area contributed by atoms with Crippen molar-refractivity contribution in [2.24, 2.45) is 5.92 Å². The smallest absolute Gasteiger partial charge is 0.0491 e. The molecular formula is C16H24N2O. The maximum Gasteiger partial charge on any atom is 0.0491 e. The number of benzene rings is 1. The van der Waals surface area contributed by atoms with Crippen LogP contribution >= 0.6 is 0 Å². The van der Waals surface area contributed by atoms with Crippen molar-refractivity contribution in [2.75, 3.05) is 37.7 Å². The lowest BCUT2D eigenvalue weighted by atomic mass is 9.91. The minimum Gasteiger partial charge on any atom is -0.396 e. The first-order valence-electron chi connectivity index (χ1n) is 7.51. The second-order valence-electron chi connectivity index (χ2n) is 5.76. The summed E-state index contributed by atoms with van der Waals surface area (Å²) in [5.41, 5.74) is 2.87. The van der Waals surface area contributed by atoms with Gasteiger partial charge in [-0.05, 0) is 31.0 Å². The van der Waals surface area contributed by atoms with E-state index in [2.05, 4.69) is 41.0 Å². The van der Waals surface area contributed by atoms with E-state index < -0.39 is 0 Å². The predicted octanol–water partition coefficient (Wildman–Crippen LogP) is 1.75. The van der Waals surface area contributed by atoms with Crippen molar-refractivity contribution < 1.29 is 5.11 Å². The van der Waals surface area contributed by atoms with Crippen molar-refractivity contribution in [1.82, 2.24) is 4.90 Å². The Morgan fingerprint density at radius 1 is 1.26 bits per heavy atom. The normalized spacial score (nSPS) is 27.6. The second kappa shape index (κ2) is 5.51. The van der Waals surface area contributed by atoms with E-state index in [4.69, 9.17) is 0 Å². The van der Waals surface area contributed by atoms with Crippen LogP contribution in [0.4, 0.5) is 5.69 Å². The summed E-state index contributed by atoms with van der Waals surface area (Å²) in [5.74, 6) is 0.389. The molecule has 2 unspecified atom stereocenters. The molecule has 3 rings (SSSR count). The molecule has 19 heavy (non-hydrogen) atoms. The van der Waals surface area contributed by atoms with Crippen molar-refractivity contribution in [3.05, 3.63) is 29.8 Å². The van der Waals surface area contributed by atoms with E-state index in [-0.39, 0.29) is 0 Å². The first-order valence-corrected chi connectivity index (χ1v) is 7.51. The van der Waals surface area contributed by atoms with E-state index in [0.29, 0.717) is 18.6 Å². The van der Waals surface area contributed by atoms with Gasteiger partial charge < -0.3 is 14.9 Å². The summed E-state index contributed by atoms with van der Waals surface area (Å²) in [7, 11) is 0. The molecule has 0 saturated carbocycles. The Balaban J connectivity index is 1.79. The van der Waals surface area contributed by atoms with Gasteiger partial charge in [-0.25, -0.2) is 0 Å². The van der Waals surface area contributed by atoms with E-state index in [9.17, 15) is 5.11 Å². The number of rotatable bonds is 3. The molecule has 1 fully saturated rings. The van der Waals surface area contributed by atoms with Crippen LogP contribution in [-0.4, -0.2) is 48.8 Å². The average molecular weight is 260 g/mol. The second-order valence-corrected chi connectivity index (χ2v) is 5.76. The van der Waals surface area contributed by atoms with E-state index in [1.54, 1.807) is 0 Å². The zero-order chi connectivity index (χ0) is 13.2. The van der Waals surface area contributed by atoms with Gasteiger partial charge >= 0.3 is 0 Å². The number of aliphatic hydroxyl groups is 1. The quantitative estimate of drug-likeness (QED) is 0.897. The zero-order valence-electron chi connectivity index (χ0n) is 11.8. The van der Waals surface area contributed by atoms with Gasteiger partial charge in [0, 0.05) is 43.9 Å². The van der Waals surface area contributed by atoms with Gasteiger partial charge in [0.25, 0.3) is 0 Å². The molecule has 0 bridgehead atoms. The highest BCUT2D eigenvalue weighted by Crippen LogP contribution is 2.34. The Labute approximate surface area is 115 Å². The van der Waals surface area contributed by atoms with Gasteiger partial charge in [-0.1, -0.05) is 25.1 Å². The standard InChI is InChI=1S/C16H24N2O/c1-2-17-9-8-16(14(11-17)12-19)18-10-7-13-5-3-4-6-15(13)18/h3-6,14,16,19H,2,7-12H2,1H3. The van der Waals surface area contributed by atoms with Crippen LogP contribution in [0.1, 0.15) is 18.9 Å². The number of piperidine rings is 1.